The highest BCUT2D eigenvalue weighted by molar-refractivity contribution is 14.2. The summed E-state index contributed by atoms with van der Waals surface area (Å²) in [5, 5.41) is 7.62. The average molecular weight is 542 g/mol. The van der Waals surface area contributed by atoms with Crippen LogP contribution < -0.4 is 11.1 Å². The lowest BCUT2D eigenvalue weighted by Gasteiger charge is -2.20. The number of carbonyl (C=O) groups is 1. The predicted molar refractivity (Wildman–Crippen MR) is 104 cm³/mol. The van der Waals surface area contributed by atoms with Gasteiger partial charge in [0.25, 0.3) is 0 Å². The topological polar surface area (TPSA) is 90.2 Å². The van der Waals surface area contributed by atoms with Gasteiger partial charge in [-0.15, -0.1) is 0 Å². The van der Waals surface area contributed by atoms with Gasteiger partial charge in [0.15, 0.2) is 0 Å². The summed E-state index contributed by atoms with van der Waals surface area (Å²) in [4.78, 5) is 15.5. The normalized spacial score (nSPS) is 18.4. The van der Waals surface area contributed by atoms with E-state index in [9.17, 15) is 4.79 Å². The van der Waals surface area contributed by atoms with E-state index >= 15 is 0 Å². The van der Waals surface area contributed by atoms with Gasteiger partial charge in [0, 0.05) is 29.9 Å². The molecule has 2 aromatic rings. The van der Waals surface area contributed by atoms with Crippen molar-refractivity contribution in [1.82, 2.24) is 19.4 Å². The van der Waals surface area contributed by atoms with Gasteiger partial charge < -0.3 is 15.4 Å². The van der Waals surface area contributed by atoms with Crippen molar-refractivity contribution in [2.24, 2.45) is 10.7 Å². The molecular weight excluding hydrogens is 529 g/mol. The summed E-state index contributed by atoms with van der Waals surface area (Å²) in [6.45, 7) is 0. The zero-order chi connectivity index (χ0) is 15.7. The van der Waals surface area contributed by atoms with Crippen molar-refractivity contribution >= 4 is 69.1 Å². The van der Waals surface area contributed by atoms with Crippen LogP contribution in [0.1, 0.15) is 27.6 Å². The summed E-state index contributed by atoms with van der Waals surface area (Å²) in [5.41, 5.74) is 7.41. The van der Waals surface area contributed by atoms with Gasteiger partial charge in [-0.25, -0.2) is 4.99 Å². The summed E-state index contributed by atoms with van der Waals surface area (Å²) in [5.74, 6) is 0.647. The first-order chi connectivity index (χ1) is 10.6. The van der Waals surface area contributed by atoms with E-state index in [1.54, 1.807) is 11.0 Å². The highest BCUT2D eigenvalue weighted by atomic mass is 127. The van der Waals surface area contributed by atoms with E-state index in [0.29, 0.717) is 6.37 Å². The van der Waals surface area contributed by atoms with E-state index in [4.69, 9.17) is 5.73 Å². The molecule has 3 rings (SSSR count). The lowest BCUT2D eigenvalue weighted by atomic mass is 10.0. The maximum atomic E-state index is 11.0. The molecular formula is C12H13I2N6OP. The molecule has 7 nitrogen and oxygen atoms in total. The molecule has 1 aliphatic heterocycles. The molecule has 2 aromatic heterocycles. The van der Waals surface area contributed by atoms with Crippen molar-refractivity contribution in [2.45, 2.75) is 16.5 Å². The standard InChI is InChI=1S/C12H13I2N6OP/c13-9(3-10(15)21)19-5-7(4-18-19)11-8-1-2-20(22-14)12(8)17-6-16-11/h1-2,4-6,9,11,22H,3H2,(H2,15,21)(H,16,17). The molecule has 0 saturated heterocycles. The lowest BCUT2D eigenvalue weighted by Crippen LogP contribution is -2.23. The van der Waals surface area contributed by atoms with E-state index in [-0.39, 0.29) is 22.4 Å². The lowest BCUT2D eigenvalue weighted by molar-refractivity contribution is -0.118. The maximum absolute atomic E-state index is 11.0. The molecule has 1 aliphatic rings. The Balaban J connectivity index is 1.87. The fourth-order valence-corrected chi connectivity index (χ4v) is 4.63. The number of nitrogens with two attached hydrogens (primary N) is 1. The van der Waals surface area contributed by atoms with Crippen molar-refractivity contribution in [3.05, 3.63) is 35.8 Å². The number of aromatic nitrogens is 3. The van der Waals surface area contributed by atoms with Crippen LogP contribution in [0.3, 0.4) is 0 Å². The first kappa shape index (κ1) is 16.2. The smallest absolute Gasteiger partial charge is 0.220 e. The number of amides is 1. The van der Waals surface area contributed by atoms with Gasteiger partial charge in [-0.05, 0) is 28.1 Å². The number of rotatable bonds is 5. The van der Waals surface area contributed by atoms with Gasteiger partial charge in [0.2, 0.25) is 5.91 Å². The van der Waals surface area contributed by atoms with E-state index < -0.39 is 0 Å². The summed E-state index contributed by atoms with van der Waals surface area (Å²) >= 11 is 4.50. The Morgan fingerprint density at radius 2 is 2.41 bits per heavy atom. The molecule has 0 radical (unpaired) electrons. The van der Waals surface area contributed by atoms with Crippen molar-refractivity contribution in [1.29, 1.82) is 0 Å². The number of aliphatic imine (C=N–C) groups is 1. The molecule has 116 valence electrons. The van der Waals surface area contributed by atoms with Gasteiger partial charge in [-0.1, -0.05) is 22.6 Å². The molecule has 0 aromatic carbocycles. The van der Waals surface area contributed by atoms with E-state index in [1.165, 1.54) is 0 Å². The van der Waals surface area contributed by atoms with Crippen LogP contribution in [0.5, 0.6) is 0 Å². The molecule has 0 saturated carbocycles. The number of alkyl halides is 1. The van der Waals surface area contributed by atoms with Crippen LogP contribution in [-0.4, -0.2) is 26.4 Å². The number of primary amides is 1. The Morgan fingerprint density at radius 3 is 3.14 bits per heavy atom. The number of hydrogen-bond acceptors (Lipinski definition) is 4. The monoisotopic (exact) mass is 542 g/mol. The van der Waals surface area contributed by atoms with Gasteiger partial charge >= 0.3 is 0 Å². The Morgan fingerprint density at radius 1 is 1.59 bits per heavy atom. The predicted octanol–water partition coefficient (Wildman–Crippen LogP) is 2.64. The highest BCUT2D eigenvalue weighted by Gasteiger charge is 2.24. The zero-order valence-corrected chi connectivity index (χ0v) is 16.6. The number of nitrogens with zero attached hydrogens (tertiary/aromatic N) is 4. The fraction of sp³-hybridized carbons (Fsp3) is 0.250. The number of hydrogen-bond donors (Lipinski definition) is 2. The molecule has 10 heteroatoms. The van der Waals surface area contributed by atoms with Crippen molar-refractivity contribution in [3.63, 3.8) is 0 Å². The molecule has 0 spiro atoms. The van der Waals surface area contributed by atoms with Gasteiger partial charge in [-0.3, -0.25) is 9.48 Å². The van der Waals surface area contributed by atoms with Crippen LogP contribution in [-0.2, 0) is 4.79 Å². The number of nitrogens with one attached hydrogen (secondary N) is 1. The van der Waals surface area contributed by atoms with Crippen LogP contribution in [0.25, 0.3) is 0 Å². The number of fused-ring (bicyclic) bond motifs is 1. The van der Waals surface area contributed by atoms with Crippen molar-refractivity contribution in [3.8, 4) is 0 Å². The average Bonchev–Trinajstić information content (AvgIpc) is 3.13. The highest BCUT2D eigenvalue weighted by Crippen LogP contribution is 2.39. The SMILES string of the molecule is NC(=O)CC(I)n1cc(C2NC=Nc3c2ccn3PI)cn1. The van der Waals surface area contributed by atoms with Crippen LogP contribution in [0.2, 0.25) is 0 Å². The third kappa shape index (κ3) is 3.16. The number of carbonyl (C=O) groups excluding carboxylic acids is 1. The molecule has 1 amide bonds. The Labute approximate surface area is 155 Å². The molecule has 3 unspecified atom stereocenters. The Hall–Kier alpha value is -0.680. The van der Waals surface area contributed by atoms with E-state index in [2.05, 4.69) is 70.4 Å². The molecule has 3 heterocycles. The van der Waals surface area contributed by atoms with E-state index in [0.717, 1.165) is 16.9 Å². The second-order valence-corrected chi connectivity index (χ2v) is 8.30. The van der Waals surface area contributed by atoms with Crippen molar-refractivity contribution in [2.75, 3.05) is 0 Å². The third-order valence-electron chi connectivity index (χ3n) is 3.33. The Kier molecular flexibility index (Phi) is 5.03. The van der Waals surface area contributed by atoms with Crippen LogP contribution >= 0.6 is 51.0 Å². The van der Waals surface area contributed by atoms with E-state index in [1.807, 2.05) is 18.6 Å². The van der Waals surface area contributed by atoms with Gasteiger partial charge in [0.05, 0.1) is 25.0 Å². The first-order valence-electron chi connectivity index (χ1n) is 6.43. The second-order valence-electron chi connectivity index (χ2n) is 4.77. The third-order valence-corrected chi connectivity index (χ3v) is 6.44. The molecule has 22 heavy (non-hydrogen) atoms. The van der Waals surface area contributed by atoms with Gasteiger partial charge in [-0.2, -0.15) is 5.10 Å². The molecule has 3 atom stereocenters. The number of halogens is 2. The van der Waals surface area contributed by atoms with Crippen molar-refractivity contribution < 1.29 is 4.79 Å². The van der Waals surface area contributed by atoms with Crippen LogP contribution in [0, 0.1) is 0 Å². The minimum atomic E-state index is -0.332. The minimum Gasteiger partial charge on any atom is -0.370 e. The molecule has 0 fully saturated rings. The largest absolute Gasteiger partial charge is 0.370 e. The summed E-state index contributed by atoms with van der Waals surface area (Å²) in [6.07, 6.45) is 8.41. The van der Waals surface area contributed by atoms with Crippen LogP contribution in [0.15, 0.2) is 29.6 Å². The quantitative estimate of drug-likeness (QED) is 0.346. The maximum Gasteiger partial charge on any atom is 0.220 e. The first-order valence-corrected chi connectivity index (χ1v) is 11.7. The molecule has 0 bridgehead atoms. The summed E-state index contributed by atoms with van der Waals surface area (Å²) in [6, 6.07) is 2.10. The van der Waals surface area contributed by atoms with Crippen LogP contribution in [0.4, 0.5) is 5.82 Å². The second kappa shape index (κ2) is 6.83. The molecule has 0 aliphatic carbocycles. The zero-order valence-electron chi connectivity index (χ0n) is 11.3. The fourth-order valence-electron chi connectivity index (χ4n) is 2.32. The Bertz CT molecular complexity index is 727. The summed E-state index contributed by atoms with van der Waals surface area (Å²) < 4.78 is 3.81. The summed E-state index contributed by atoms with van der Waals surface area (Å²) in [7, 11) is 0. The molecule has 3 N–H and O–H groups in total. The van der Waals surface area contributed by atoms with Gasteiger partial charge in [0.1, 0.15) is 9.87 Å². The minimum absolute atomic E-state index is 0.0208.